The van der Waals surface area contributed by atoms with Crippen LogP contribution in [0, 0.1) is 23.7 Å². The first-order chi connectivity index (χ1) is 8.08. The van der Waals surface area contributed by atoms with Gasteiger partial charge < -0.3 is 9.47 Å². The van der Waals surface area contributed by atoms with E-state index in [1.165, 1.54) is 0 Å². The standard InChI is InChI=1S/C14H22O4/c1-7-9(11(15)17-13(7,3)4)10-8(2)14(5,6)18-12(10)16/h7-10H,1-6H3/t7-,8+,9+,10-. The molecule has 18 heavy (non-hydrogen) atoms. The molecule has 102 valence electrons. The number of hydrogen-bond acceptors (Lipinski definition) is 4. The normalized spacial score (nSPS) is 41.7. The van der Waals surface area contributed by atoms with Gasteiger partial charge in [0.1, 0.15) is 11.2 Å². The third-order valence-electron chi connectivity index (χ3n) is 4.93. The van der Waals surface area contributed by atoms with E-state index in [-0.39, 0.29) is 35.6 Å². The molecule has 4 heteroatoms. The summed E-state index contributed by atoms with van der Waals surface area (Å²) < 4.78 is 10.8. The molecule has 4 nitrogen and oxygen atoms in total. The Hall–Kier alpha value is -1.06. The van der Waals surface area contributed by atoms with Crippen LogP contribution >= 0.6 is 0 Å². The highest BCUT2D eigenvalue weighted by molar-refractivity contribution is 5.85. The van der Waals surface area contributed by atoms with E-state index in [9.17, 15) is 9.59 Å². The first kappa shape index (κ1) is 13.4. The lowest BCUT2D eigenvalue weighted by molar-refractivity contribution is -0.155. The second-order valence-electron chi connectivity index (χ2n) is 6.68. The summed E-state index contributed by atoms with van der Waals surface area (Å²) in [5, 5.41) is 0. The molecular formula is C14H22O4. The van der Waals surface area contributed by atoms with Crippen molar-refractivity contribution in [2.75, 3.05) is 0 Å². The summed E-state index contributed by atoms with van der Waals surface area (Å²) in [6.45, 7) is 11.5. The van der Waals surface area contributed by atoms with Gasteiger partial charge in [-0.15, -0.1) is 0 Å². The average Bonchev–Trinajstić information content (AvgIpc) is 2.50. The van der Waals surface area contributed by atoms with E-state index >= 15 is 0 Å². The number of carbonyl (C=O) groups excluding carboxylic acids is 2. The van der Waals surface area contributed by atoms with E-state index in [4.69, 9.17) is 9.47 Å². The molecule has 2 heterocycles. The van der Waals surface area contributed by atoms with Crippen molar-refractivity contribution in [3.05, 3.63) is 0 Å². The fourth-order valence-corrected chi connectivity index (χ4v) is 3.03. The number of ether oxygens (including phenoxy) is 2. The van der Waals surface area contributed by atoms with Crippen LogP contribution in [0.3, 0.4) is 0 Å². The molecule has 0 spiro atoms. The summed E-state index contributed by atoms with van der Waals surface area (Å²) in [5.41, 5.74) is -1.01. The zero-order chi connectivity index (χ0) is 13.9. The third-order valence-corrected chi connectivity index (χ3v) is 4.93. The van der Waals surface area contributed by atoms with Crippen LogP contribution in [0.1, 0.15) is 41.5 Å². The van der Waals surface area contributed by atoms with Crippen LogP contribution in [-0.4, -0.2) is 23.1 Å². The summed E-state index contributed by atoms with van der Waals surface area (Å²) >= 11 is 0. The van der Waals surface area contributed by atoms with E-state index in [2.05, 4.69) is 0 Å². The number of carbonyl (C=O) groups is 2. The Kier molecular flexibility index (Phi) is 2.76. The molecule has 0 radical (unpaired) electrons. The highest BCUT2D eigenvalue weighted by Crippen LogP contribution is 2.48. The summed E-state index contributed by atoms with van der Waals surface area (Å²) in [5.74, 6) is -1.27. The molecule has 2 rings (SSSR count). The number of esters is 2. The van der Waals surface area contributed by atoms with Gasteiger partial charge in [-0.3, -0.25) is 9.59 Å². The maximum absolute atomic E-state index is 12.1. The smallest absolute Gasteiger partial charge is 0.310 e. The van der Waals surface area contributed by atoms with E-state index in [0.29, 0.717) is 0 Å². The van der Waals surface area contributed by atoms with Gasteiger partial charge in [-0.1, -0.05) is 13.8 Å². The summed E-state index contributed by atoms with van der Waals surface area (Å²) in [7, 11) is 0. The molecule has 2 fully saturated rings. The molecular weight excluding hydrogens is 232 g/mol. The number of hydrogen-bond donors (Lipinski definition) is 0. The Morgan fingerprint density at radius 2 is 1.06 bits per heavy atom. The van der Waals surface area contributed by atoms with Gasteiger partial charge >= 0.3 is 11.9 Å². The molecule has 4 atom stereocenters. The minimum absolute atomic E-state index is 0.0129. The molecule has 2 saturated heterocycles. The van der Waals surface area contributed by atoms with Gasteiger partial charge in [0.15, 0.2) is 0 Å². The lowest BCUT2D eigenvalue weighted by atomic mass is 9.71. The van der Waals surface area contributed by atoms with Gasteiger partial charge in [-0.25, -0.2) is 0 Å². The second kappa shape index (κ2) is 3.72. The summed E-state index contributed by atoms with van der Waals surface area (Å²) in [6, 6.07) is 0. The molecule has 0 N–H and O–H groups in total. The van der Waals surface area contributed by atoms with Crippen LogP contribution in [-0.2, 0) is 19.1 Å². The fraction of sp³-hybridized carbons (Fsp3) is 0.857. The Morgan fingerprint density at radius 1 is 0.778 bits per heavy atom. The van der Waals surface area contributed by atoms with Gasteiger partial charge in [-0.05, 0) is 27.7 Å². The van der Waals surface area contributed by atoms with Crippen LogP contribution in [0.2, 0.25) is 0 Å². The predicted octanol–water partition coefficient (Wildman–Crippen LogP) is 2.16. The molecule has 0 aliphatic carbocycles. The van der Waals surface area contributed by atoms with Crippen molar-refractivity contribution in [3.8, 4) is 0 Å². The largest absolute Gasteiger partial charge is 0.459 e. The summed E-state index contributed by atoms with van der Waals surface area (Å²) in [6.07, 6.45) is 0. The fourth-order valence-electron chi connectivity index (χ4n) is 3.03. The van der Waals surface area contributed by atoms with Crippen LogP contribution in [0.5, 0.6) is 0 Å². The van der Waals surface area contributed by atoms with Crippen LogP contribution in [0.15, 0.2) is 0 Å². The number of cyclic esters (lactones) is 2. The first-order valence-electron chi connectivity index (χ1n) is 6.53. The van der Waals surface area contributed by atoms with Crippen molar-refractivity contribution in [1.82, 2.24) is 0 Å². The third kappa shape index (κ3) is 1.73. The van der Waals surface area contributed by atoms with Crippen molar-refractivity contribution in [2.45, 2.75) is 52.7 Å². The van der Waals surface area contributed by atoms with Crippen LogP contribution < -0.4 is 0 Å². The monoisotopic (exact) mass is 254 g/mol. The molecule has 0 aromatic carbocycles. The van der Waals surface area contributed by atoms with E-state index in [1.54, 1.807) is 0 Å². The van der Waals surface area contributed by atoms with Crippen molar-refractivity contribution in [1.29, 1.82) is 0 Å². The molecule has 2 aliphatic rings. The molecule has 2 aliphatic heterocycles. The molecule has 0 bridgehead atoms. The van der Waals surface area contributed by atoms with Gasteiger partial charge in [0.05, 0.1) is 11.8 Å². The van der Waals surface area contributed by atoms with Crippen LogP contribution in [0.25, 0.3) is 0 Å². The number of rotatable bonds is 1. The first-order valence-corrected chi connectivity index (χ1v) is 6.53. The van der Waals surface area contributed by atoms with Gasteiger partial charge in [-0.2, -0.15) is 0 Å². The van der Waals surface area contributed by atoms with Crippen molar-refractivity contribution in [2.24, 2.45) is 23.7 Å². The predicted molar refractivity (Wildman–Crippen MR) is 65.7 cm³/mol. The topological polar surface area (TPSA) is 52.6 Å². The molecule has 0 aromatic rings. The molecule has 0 amide bonds. The van der Waals surface area contributed by atoms with Gasteiger partial charge in [0.2, 0.25) is 0 Å². The van der Waals surface area contributed by atoms with E-state index < -0.39 is 11.2 Å². The Labute approximate surface area is 108 Å². The quantitative estimate of drug-likeness (QED) is 0.673. The highest BCUT2D eigenvalue weighted by atomic mass is 16.6. The second-order valence-corrected chi connectivity index (χ2v) is 6.68. The SMILES string of the molecule is C[C@@H]1[C@@H]([C@@H]2C(=O)OC(C)(C)[C@H]2C)C(=O)OC1(C)C. The van der Waals surface area contributed by atoms with E-state index in [1.807, 2.05) is 41.5 Å². The van der Waals surface area contributed by atoms with E-state index in [0.717, 1.165) is 0 Å². The summed E-state index contributed by atoms with van der Waals surface area (Å²) in [4.78, 5) is 24.1. The lowest BCUT2D eigenvalue weighted by Crippen LogP contribution is -2.36. The zero-order valence-electron chi connectivity index (χ0n) is 11.9. The van der Waals surface area contributed by atoms with Crippen LogP contribution in [0.4, 0.5) is 0 Å². The Bertz CT molecular complexity index is 359. The van der Waals surface area contributed by atoms with Gasteiger partial charge in [0, 0.05) is 11.8 Å². The molecule has 0 unspecified atom stereocenters. The van der Waals surface area contributed by atoms with Crippen molar-refractivity contribution in [3.63, 3.8) is 0 Å². The Morgan fingerprint density at radius 3 is 1.22 bits per heavy atom. The maximum Gasteiger partial charge on any atom is 0.310 e. The maximum atomic E-state index is 12.1. The van der Waals surface area contributed by atoms with Gasteiger partial charge in [0.25, 0.3) is 0 Å². The lowest BCUT2D eigenvalue weighted by Gasteiger charge is -2.27. The molecule has 0 saturated carbocycles. The molecule has 0 aromatic heterocycles. The average molecular weight is 254 g/mol. The van der Waals surface area contributed by atoms with Crippen molar-refractivity contribution >= 4 is 11.9 Å². The Balaban J connectivity index is 2.33. The zero-order valence-corrected chi connectivity index (χ0v) is 11.9. The minimum Gasteiger partial charge on any atom is -0.459 e. The van der Waals surface area contributed by atoms with Crippen molar-refractivity contribution < 1.29 is 19.1 Å². The highest BCUT2D eigenvalue weighted by Gasteiger charge is 2.59. The minimum atomic E-state index is -0.505.